The number of benzene rings is 1. The lowest BCUT2D eigenvalue weighted by atomic mass is 9.88. The summed E-state index contributed by atoms with van der Waals surface area (Å²) in [5.41, 5.74) is 4.49. The number of rotatable bonds is 1. The Hall–Kier alpha value is -1.50. The second-order valence-electron chi connectivity index (χ2n) is 5.02. The van der Waals surface area contributed by atoms with E-state index in [0.717, 1.165) is 0 Å². The third-order valence-electron chi connectivity index (χ3n) is 4.10. The van der Waals surface area contributed by atoms with E-state index in [2.05, 4.69) is 55.5 Å². The Balaban J connectivity index is 2.43. The van der Waals surface area contributed by atoms with Crippen LogP contribution in [-0.4, -0.2) is 4.57 Å². The molecule has 0 aliphatic heterocycles. The lowest BCUT2D eigenvalue weighted by molar-refractivity contribution is 0.556. The van der Waals surface area contributed by atoms with Gasteiger partial charge in [-0.1, -0.05) is 31.2 Å². The fraction of sp³-hybridized carbons (Fsp3) is 0.333. The second-order valence-corrected chi connectivity index (χ2v) is 5.02. The van der Waals surface area contributed by atoms with Crippen LogP contribution in [0.25, 0.3) is 10.9 Å². The van der Waals surface area contributed by atoms with Gasteiger partial charge < -0.3 is 4.57 Å². The van der Waals surface area contributed by atoms with Crippen LogP contribution < -0.4 is 0 Å². The molecule has 82 valence electrons. The van der Waals surface area contributed by atoms with Crippen molar-refractivity contribution >= 4 is 10.9 Å². The Morgan fingerprint density at radius 1 is 1.38 bits per heavy atom. The molecule has 1 aliphatic rings. The minimum absolute atomic E-state index is 0.156. The highest BCUT2D eigenvalue weighted by Gasteiger charge is 2.36. The lowest BCUT2D eigenvalue weighted by Crippen LogP contribution is -2.18. The molecule has 1 atom stereocenters. The number of aryl methyl sites for hydroxylation is 2. The monoisotopic (exact) mass is 211 g/mol. The molecule has 0 spiro atoms. The van der Waals surface area contributed by atoms with Crippen molar-refractivity contribution in [1.82, 2.24) is 4.57 Å². The van der Waals surface area contributed by atoms with Gasteiger partial charge in [0.25, 0.3) is 0 Å². The van der Waals surface area contributed by atoms with Crippen molar-refractivity contribution in [1.29, 1.82) is 0 Å². The number of aromatic nitrogens is 1. The van der Waals surface area contributed by atoms with E-state index >= 15 is 0 Å². The molecule has 0 N–H and O–H groups in total. The molecular weight excluding hydrogens is 194 g/mol. The average molecular weight is 211 g/mol. The van der Waals surface area contributed by atoms with E-state index in [0.29, 0.717) is 0 Å². The zero-order chi connectivity index (χ0) is 11.3. The molecule has 0 fully saturated rings. The van der Waals surface area contributed by atoms with E-state index in [4.69, 9.17) is 0 Å². The molecule has 0 bridgehead atoms. The summed E-state index contributed by atoms with van der Waals surface area (Å²) in [6.45, 7) is 6.31. The molecule has 1 aromatic carbocycles. The van der Waals surface area contributed by atoms with Crippen molar-refractivity contribution in [2.75, 3.05) is 0 Å². The Morgan fingerprint density at radius 2 is 2.12 bits per heavy atom. The first kappa shape index (κ1) is 9.71. The Labute approximate surface area is 96.4 Å². The van der Waals surface area contributed by atoms with E-state index < -0.39 is 0 Å². The first-order valence-electron chi connectivity index (χ1n) is 5.88. The first-order valence-corrected chi connectivity index (χ1v) is 5.88. The molecule has 16 heavy (non-hydrogen) atoms. The lowest BCUT2D eigenvalue weighted by Gasteiger charge is -2.21. The Morgan fingerprint density at radius 3 is 2.88 bits per heavy atom. The fourth-order valence-electron chi connectivity index (χ4n) is 3.15. The van der Waals surface area contributed by atoms with E-state index in [-0.39, 0.29) is 5.41 Å². The molecule has 1 heterocycles. The molecule has 0 saturated carbocycles. The van der Waals surface area contributed by atoms with Gasteiger partial charge in [-0.3, -0.25) is 0 Å². The average Bonchev–Trinajstić information content (AvgIpc) is 2.80. The second kappa shape index (κ2) is 3.00. The first-order chi connectivity index (χ1) is 7.67. The summed E-state index contributed by atoms with van der Waals surface area (Å²) in [4.78, 5) is 0. The van der Waals surface area contributed by atoms with Crippen LogP contribution in [0.15, 0.2) is 36.9 Å². The predicted molar refractivity (Wildman–Crippen MR) is 68.8 cm³/mol. The summed E-state index contributed by atoms with van der Waals surface area (Å²) in [6, 6.07) is 8.69. The number of fused-ring (bicyclic) bond motifs is 3. The van der Waals surface area contributed by atoms with Crippen molar-refractivity contribution in [3.05, 3.63) is 48.2 Å². The number of hydrogen-bond donors (Lipinski definition) is 0. The summed E-state index contributed by atoms with van der Waals surface area (Å²) < 4.78 is 2.35. The van der Waals surface area contributed by atoms with Crippen molar-refractivity contribution in [3.63, 3.8) is 0 Å². The minimum atomic E-state index is 0.156. The summed E-state index contributed by atoms with van der Waals surface area (Å²) in [7, 11) is 2.17. The largest absolute Gasteiger partial charge is 0.347 e. The molecule has 0 amide bonds. The third-order valence-corrected chi connectivity index (χ3v) is 4.10. The van der Waals surface area contributed by atoms with Crippen molar-refractivity contribution in [2.45, 2.75) is 25.2 Å². The molecule has 1 nitrogen and oxygen atoms in total. The fourth-order valence-corrected chi connectivity index (χ4v) is 3.15. The Bertz CT molecular complexity index is 576. The van der Waals surface area contributed by atoms with Crippen LogP contribution in [0.1, 0.15) is 24.6 Å². The molecule has 3 rings (SSSR count). The minimum Gasteiger partial charge on any atom is -0.347 e. The third kappa shape index (κ3) is 1.01. The number of allylic oxidation sites excluding steroid dienone is 1. The van der Waals surface area contributed by atoms with Crippen molar-refractivity contribution in [3.8, 4) is 0 Å². The smallest absolute Gasteiger partial charge is 0.0483 e. The maximum absolute atomic E-state index is 4.01. The summed E-state index contributed by atoms with van der Waals surface area (Å²) in [5.74, 6) is 0. The van der Waals surface area contributed by atoms with Gasteiger partial charge in [0.1, 0.15) is 0 Å². The highest BCUT2D eigenvalue weighted by molar-refractivity contribution is 5.86. The Kier molecular flexibility index (Phi) is 1.82. The van der Waals surface area contributed by atoms with Gasteiger partial charge in [-0.2, -0.15) is 0 Å². The van der Waals surface area contributed by atoms with Crippen LogP contribution in [0.5, 0.6) is 0 Å². The van der Waals surface area contributed by atoms with Crippen LogP contribution in [0, 0.1) is 0 Å². The summed E-state index contributed by atoms with van der Waals surface area (Å²) in [5, 5.41) is 1.42. The summed E-state index contributed by atoms with van der Waals surface area (Å²) in [6.07, 6.45) is 4.48. The van der Waals surface area contributed by atoms with Crippen LogP contribution in [0.2, 0.25) is 0 Å². The van der Waals surface area contributed by atoms with Gasteiger partial charge in [-0.05, 0) is 24.5 Å². The highest BCUT2D eigenvalue weighted by Crippen LogP contribution is 2.43. The molecule has 1 heteroatoms. The topological polar surface area (TPSA) is 4.93 Å². The maximum atomic E-state index is 4.01. The molecule has 1 aliphatic carbocycles. The van der Waals surface area contributed by atoms with Crippen LogP contribution >= 0.6 is 0 Å². The van der Waals surface area contributed by atoms with Gasteiger partial charge in [0, 0.05) is 29.1 Å². The van der Waals surface area contributed by atoms with E-state index in [1.807, 2.05) is 0 Å². The van der Waals surface area contributed by atoms with E-state index in [9.17, 15) is 0 Å². The molecule has 2 aromatic rings. The SMILES string of the molecule is C=C[C@@]1(C)CCc2c1n(C)c1ccccc21. The number of nitrogens with zero attached hydrogens (tertiary/aromatic N) is 1. The van der Waals surface area contributed by atoms with Crippen molar-refractivity contribution < 1.29 is 0 Å². The van der Waals surface area contributed by atoms with Gasteiger partial charge in [0.05, 0.1) is 0 Å². The van der Waals surface area contributed by atoms with Crippen LogP contribution in [0.4, 0.5) is 0 Å². The standard InChI is InChI=1S/C15H17N/c1-4-15(2)10-9-12-11-7-5-6-8-13(11)16(3)14(12)15/h4-8H,1,9-10H2,2-3H3/t15-/m0/s1. The van der Waals surface area contributed by atoms with Crippen molar-refractivity contribution in [2.24, 2.45) is 7.05 Å². The zero-order valence-corrected chi connectivity index (χ0v) is 9.96. The number of para-hydroxylation sites is 1. The molecule has 0 unspecified atom stereocenters. The van der Waals surface area contributed by atoms with Gasteiger partial charge >= 0.3 is 0 Å². The molecule has 1 aromatic heterocycles. The highest BCUT2D eigenvalue weighted by atomic mass is 15.0. The van der Waals surface area contributed by atoms with Gasteiger partial charge in [-0.15, -0.1) is 6.58 Å². The molecule has 0 radical (unpaired) electrons. The predicted octanol–water partition coefficient (Wildman–Crippen LogP) is 3.57. The number of hydrogen-bond acceptors (Lipinski definition) is 0. The van der Waals surface area contributed by atoms with Gasteiger partial charge in [-0.25, -0.2) is 0 Å². The molecule has 0 saturated heterocycles. The van der Waals surface area contributed by atoms with E-state index in [1.54, 1.807) is 0 Å². The normalized spacial score (nSPS) is 23.6. The van der Waals surface area contributed by atoms with Gasteiger partial charge in [0.15, 0.2) is 0 Å². The molecular formula is C15H17N. The zero-order valence-electron chi connectivity index (χ0n) is 9.96. The van der Waals surface area contributed by atoms with Crippen LogP contribution in [0.3, 0.4) is 0 Å². The maximum Gasteiger partial charge on any atom is 0.0483 e. The quantitative estimate of drug-likeness (QED) is 0.635. The summed E-state index contributed by atoms with van der Waals surface area (Å²) >= 11 is 0. The van der Waals surface area contributed by atoms with Crippen LogP contribution in [-0.2, 0) is 18.9 Å². The van der Waals surface area contributed by atoms with E-state index in [1.165, 1.54) is 35.0 Å². The van der Waals surface area contributed by atoms with Gasteiger partial charge in [0.2, 0.25) is 0 Å².